The van der Waals surface area contributed by atoms with Crippen molar-refractivity contribution < 1.29 is 8.78 Å². The van der Waals surface area contributed by atoms with Crippen LogP contribution < -0.4 is 10.2 Å². The predicted octanol–water partition coefficient (Wildman–Crippen LogP) is 2.26. The van der Waals surface area contributed by atoms with Crippen molar-refractivity contribution in [1.82, 2.24) is 20.0 Å². The first kappa shape index (κ1) is 19.1. The van der Waals surface area contributed by atoms with Gasteiger partial charge in [-0.05, 0) is 31.0 Å². The summed E-state index contributed by atoms with van der Waals surface area (Å²) in [4.78, 5) is 8.37. The highest BCUT2D eigenvalue weighted by molar-refractivity contribution is 5.80. The Bertz CT molecular complexity index is 780. The van der Waals surface area contributed by atoms with E-state index in [4.69, 9.17) is 0 Å². The molecule has 1 N–H and O–H groups in total. The van der Waals surface area contributed by atoms with Crippen molar-refractivity contribution in [2.45, 2.75) is 19.9 Å². The number of guanidine groups is 1. The molecule has 6 nitrogen and oxygen atoms in total. The summed E-state index contributed by atoms with van der Waals surface area (Å²) in [5, 5.41) is 7.65. The molecule has 1 aliphatic heterocycles. The van der Waals surface area contributed by atoms with E-state index in [1.54, 1.807) is 7.05 Å². The summed E-state index contributed by atoms with van der Waals surface area (Å²) in [6.07, 6.45) is 4.82. The summed E-state index contributed by atoms with van der Waals surface area (Å²) in [7, 11) is 1.76. The largest absolute Gasteiger partial charge is 0.366 e. The van der Waals surface area contributed by atoms with Crippen molar-refractivity contribution in [3.63, 3.8) is 0 Å². The van der Waals surface area contributed by atoms with E-state index in [1.807, 2.05) is 28.9 Å². The number of aryl methyl sites for hydroxylation is 2. The van der Waals surface area contributed by atoms with E-state index >= 15 is 0 Å². The van der Waals surface area contributed by atoms with Gasteiger partial charge in [0.2, 0.25) is 0 Å². The summed E-state index contributed by atoms with van der Waals surface area (Å²) in [5.74, 6) is 0.0332. The van der Waals surface area contributed by atoms with Gasteiger partial charge in [-0.1, -0.05) is 0 Å². The number of anilines is 1. The smallest absolute Gasteiger partial charge is 0.193 e. The average molecular weight is 376 g/mol. The van der Waals surface area contributed by atoms with Crippen molar-refractivity contribution in [3.8, 4) is 0 Å². The van der Waals surface area contributed by atoms with E-state index in [-0.39, 0.29) is 5.82 Å². The molecule has 0 unspecified atom stereocenters. The second kappa shape index (κ2) is 8.83. The SMILES string of the molecule is CN=C(NCCCn1cc(C)cn1)N1CCN(c2cc(F)ccc2F)CC1. The number of aromatic nitrogens is 2. The maximum Gasteiger partial charge on any atom is 0.193 e. The Balaban J connectivity index is 1.46. The van der Waals surface area contributed by atoms with Gasteiger partial charge in [0.25, 0.3) is 0 Å². The van der Waals surface area contributed by atoms with Gasteiger partial charge < -0.3 is 15.1 Å². The van der Waals surface area contributed by atoms with Crippen molar-refractivity contribution in [1.29, 1.82) is 0 Å². The average Bonchev–Trinajstić information content (AvgIpc) is 3.09. The van der Waals surface area contributed by atoms with Crippen LogP contribution in [0.4, 0.5) is 14.5 Å². The fourth-order valence-electron chi connectivity index (χ4n) is 3.25. The molecular weight excluding hydrogens is 350 g/mol. The number of nitrogens with one attached hydrogen (secondary N) is 1. The number of nitrogens with zero attached hydrogens (tertiary/aromatic N) is 5. The first-order valence-corrected chi connectivity index (χ1v) is 9.21. The first-order chi connectivity index (χ1) is 13.1. The lowest BCUT2D eigenvalue weighted by Crippen LogP contribution is -2.52. The van der Waals surface area contributed by atoms with Gasteiger partial charge in [-0.15, -0.1) is 0 Å². The number of hydrogen-bond donors (Lipinski definition) is 1. The Morgan fingerprint density at radius 2 is 2.00 bits per heavy atom. The molecule has 0 amide bonds. The highest BCUT2D eigenvalue weighted by Crippen LogP contribution is 2.21. The Kier molecular flexibility index (Phi) is 6.26. The molecule has 8 heteroatoms. The van der Waals surface area contributed by atoms with E-state index in [9.17, 15) is 8.78 Å². The highest BCUT2D eigenvalue weighted by Gasteiger charge is 2.21. The van der Waals surface area contributed by atoms with Crippen molar-refractivity contribution >= 4 is 11.6 Å². The first-order valence-electron chi connectivity index (χ1n) is 9.21. The quantitative estimate of drug-likeness (QED) is 0.494. The van der Waals surface area contributed by atoms with Crippen molar-refractivity contribution in [3.05, 3.63) is 47.8 Å². The molecule has 2 aromatic rings. The van der Waals surface area contributed by atoms with Crippen molar-refractivity contribution in [2.24, 2.45) is 4.99 Å². The number of rotatable bonds is 5. The van der Waals surface area contributed by atoms with Crippen LogP contribution in [0.15, 0.2) is 35.6 Å². The minimum absolute atomic E-state index is 0.326. The summed E-state index contributed by atoms with van der Waals surface area (Å²) in [6.45, 7) is 6.32. The Hall–Kier alpha value is -2.64. The highest BCUT2D eigenvalue weighted by atomic mass is 19.1. The summed E-state index contributed by atoms with van der Waals surface area (Å²) < 4.78 is 29.3. The van der Waals surface area contributed by atoms with Gasteiger partial charge in [-0.2, -0.15) is 5.10 Å². The van der Waals surface area contributed by atoms with Crippen LogP contribution >= 0.6 is 0 Å². The van der Waals surface area contributed by atoms with Crippen LogP contribution in [-0.2, 0) is 6.54 Å². The second-order valence-corrected chi connectivity index (χ2v) is 6.68. The molecule has 27 heavy (non-hydrogen) atoms. The molecule has 3 rings (SSSR count). The van der Waals surface area contributed by atoms with E-state index in [2.05, 4.69) is 20.3 Å². The zero-order chi connectivity index (χ0) is 19.2. The number of hydrogen-bond acceptors (Lipinski definition) is 3. The Morgan fingerprint density at radius 3 is 2.67 bits per heavy atom. The van der Waals surface area contributed by atoms with Gasteiger partial charge in [0.1, 0.15) is 11.6 Å². The maximum atomic E-state index is 14.0. The van der Waals surface area contributed by atoms with Crippen LogP contribution in [0.25, 0.3) is 0 Å². The molecule has 0 atom stereocenters. The van der Waals surface area contributed by atoms with Crippen LogP contribution in [0.1, 0.15) is 12.0 Å². The minimum atomic E-state index is -0.418. The molecule has 0 aliphatic carbocycles. The normalized spacial score (nSPS) is 15.3. The van der Waals surface area contributed by atoms with Gasteiger partial charge >= 0.3 is 0 Å². The lowest BCUT2D eigenvalue weighted by atomic mass is 10.2. The molecule has 1 aromatic carbocycles. The number of piperazine rings is 1. The van der Waals surface area contributed by atoms with Crippen LogP contribution in [0.3, 0.4) is 0 Å². The number of benzene rings is 1. The monoisotopic (exact) mass is 376 g/mol. The topological polar surface area (TPSA) is 48.7 Å². The molecule has 146 valence electrons. The standard InChI is InChI=1S/C19H26F2N6/c1-15-13-24-27(14-15)7-3-6-23-19(22-2)26-10-8-25(9-11-26)18-12-16(20)4-5-17(18)21/h4-5,12-14H,3,6-11H2,1-2H3,(H,22,23). The maximum absolute atomic E-state index is 14.0. The fourth-order valence-corrected chi connectivity index (χ4v) is 3.25. The Labute approximate surface area is 158 Å². The van der Waals surface area contributed by atoms with Gasteiger partial charge in [0.05, 0.1) is 11.9 Å². The fraction of sp³-hybridized carbons (Fsp3) is 0.474. The van der Waals surface area contributed by atoms with Crippen LogP contribution in [0.5, 0.6) is 0 Å². The molecule has 1 aromatic heterocycles. The van der Waals surface area contributed by atoms with Gasteiger partial charge in [0.15, 0.2) is 5.96 Å². The van der Waals surface area contributed by atoms with Gasteiger partial charge in [-0.25, -0.2) is 8.78 Å². The predicted molar refractivity (Wildman–Crippen MR) is 103 cm³/mol. The number of aliphatic imine (C=N–C) groups is 1. The zero-order valence-corrected chi connectivity index (χ0v) is 15.8. The third kappa shape index (κ3) is 4.96. The lowest BCUT2D eigenvalue weighted by molar-refractivity contribution is 0.369. The molecular formula is C19H26F2N6. The molecule has 1 fully saturated rings. The van der Waals surface area contributed by atoms with Crippen molar-refractivity contribution in [2.75, 3.05) is 44.7 Å². The number of halogens is 2. The van der Waals surface area contributed by atoms with E-state index in [1.165, 1.54) is 12.1 Å². The Morgan fingerprint density at radius 1 is 1.22 bits per heavy atom. The van der Waals surface area contributed by atoms with Crippen LogP contribution in [0, 0.1) is 18.6 Å². The molecule has 0 spiro atoms. The summed E-state index contributed by atoms with van der Waals surface area (Å²) in [5.41, 5.74) is 1.48. The van der Waals surface area contributed by atoms with Gasteiger partial charge in [0, 0.05) is 58.6 Å². The zero-order valence-electron chi connectivity index (χ0n) is 15.8. The molecule has 2 heterocycles. The third-order valence-corrected chi connectivity index (χ3v) is 4.65. The van der Waals surface area contributed by atoms with E-state index in [0.717, 1.165) is 37.1 Å². The van der Waals surface area contributed by atoms with Crippen LogP contribution in [-0.4, -0.2) is 60.4 Å². The molecule has 0 bridgehead atoms. The summed E-state index contributed by atoms with van der Waals surface area (Å²) >= 11 is 0. The van der Waals surface area contributed by atoms with Crippen LogP contribution in [0.2, 0.25) is 0 Å². The molecule has 1 saturated heterocycles. The minimum Gasteiger partial charge on any atom is -0.366 e. The van der Waals surface area contributed by atoms with Gasteiger partial charge in [-0.3, -0.25) is 9.67 Å². The van der Waals surface area contributed by atoms with E-state index < -0.39 is 5.82 Å². The molecule has 1 aliphatic rings. The molecule has 0 radical (unpaired) electrons. The lowest BCUT2D eigenvalue weighted by Gasteiger charge is -2.37. The second-order valence-electron chi connectivity index (χ2n) is 6.68. The third-order valence-electron chi connectivity index (χ3n) is 4.65. The van der Waals surface area contributed by atoms with E-state index in [0.29, 0.717) is 31.9 Å². The molecule has 0 saturated carbocycles. The summed E-state index contributed by atoms with van der Waals surface area (Å²) in [6, 6.07) is 3.58.